The fraction of sp³-hybridized carbons (Fsp3) is 0.278. The van der Waals surface area contributed by atoms with E-state index in [4.69, 9.17) is 5.73 Å². The average molecular weight is 280 g/mol. The molecular weight excluding hydrogens is 260 g/mol. The fourth-order valence-electron chi connectivity index (χ4n) is 2.81. The number of amides is 1. The van der Waals surface area contributed by atoms with Crippen molar-refractivity contribution in [2.24, 2.45) is 0 Å². The molecular formula is C18H20N2O. The van der Waals surface area contributed by atoms with Crippen LogP contribution in [0.1, 0.15) is 22.3 Å². The van der Waals surface area contributed by atoms with Gasteiger partial charge >= 0.3 is 0 Å². The maximum atomic E-state index is 12.5. The summed E-state index contributed by atoms with van der Waals surface area (Å²) in [5, 5.41) is 0. The van der Waals surface area contributed by atoms with E-state index < -0.39 is 0 Å². The number of anilines is 1. The summed E-state index contributed by atoms with van der Waals surface area (Å²) in [4.78, 5) is 14.4. The summed E-state index contributed by atoms with van der Waals surface area (Å²) in [6.45, 7) is 3.46. The van der Waals surface area contributed by atoms with Crippen molar-refractivity contribution in [3.8, 4) is 0 Å². The molecule has 2 aromatic carbocycles. The summed E-state index contributed by atoms with van der Waals surface area (Å²) in [6.07, 6.45) is 1.35. The first-order valence-electron chi connectivity index (χ1n) is 7.33. The normalized spacial score (nSPS) is 13.9. The SMILES string of the molecule is Cc1ccc(CC(=O)N2CCc3cccc(N)c3C2)cc1. The number of nitrogens with two attached hydrogens (primary N) is 1. The Hall–Kier alpha value is -2.29. The van der Waals surface area contributed by atoms with E-state index in [2.05, 4.69) is 13.0 Å². The number of benzene rings is 2. The second-order valence-corrected chi connectivity index (χ2v) is 5.71. The number of hydrogen-bond donors (Lipinski definition) is 1. The zero-order chi connectivity index (χ0) is 14.8. The third-order valence-corrected chi connectivity index (χ3v) is 4.14. The zero-order valence-corrected chi connectivity index (χ0v) is 12.3. The van der Waals surface area contributed by atoms with Crippen LogP contribution < -0.4 is 5.73 Å². The van der Waals surface area contributed by atoms with Crippen LogP contribution in [0.4, 0.5) is 5.69 Å². The third kappa shape index (κ3) is 2.92. The van der Waals surface area contributed by atoms with Crippen molar-refractivity contribution in [2.75, 3.05) is 12.3 Å². The topological polar surface area (TPSA) is 46.3 Å². The quantitative estimate of drug-likeness (QED) is 0.860. The molecule has 2 aromatic rings. The van der Waals surface area contributed by atoms with Gasteiger partial charge in [-0.25, -0.2) is 0 Å². The molecule has 2 N–H and O–H groups in total. The van der Waals surface area contributed by atoms with Crippen LogP contribution in [-0.4, -0.2) is 17.4 Å². The van der Waals surface area contributed by atoms with E-state index in [0.29, 0.717) is 13.0 Å². The van der Waals surface area contributed by atoms with Gasteiger partial charge in [0.15, 0.2) is 0 Å². The molecule has 0 atom stereocenters. The predicted octanol–water partition coefficient (Wildman–Crippen LogP) is 2.70. The lowest BCUT2D eigenvalue weighted by atomic mass is 9.97. The lowest BCUT2D eigenvalue weighted by molar-refractivity contribution is -0.131. The van der Waals surface area contributed by atoms with Crippen molar-refractivity contribution >= 4 is 11.6 Å². The summed E-state index contributed by atoms with van der Waals surface area (Å²) in [5.41, 5.74) is 11.5. The van der Waals surface area contributed by atoms with Gasteiger partial charge in [-0.3, -0.25) is 4.79 Å². The van der Waals surface area contributed by atoms with E-state index >= 15 is 0 Å². The van der Waals surface area contributed by atoms with Crippen LogP contribution in [0.5, 0.6) is 0 Å². The largest absolute Gasteiger partial charge is 0.398 e. The Morgan fingerprint density at radius 1 is 1.19 bits per heavy atom. The second kappa shape index (κ2) is 5.60. The molecule has 3 heteroatoms. The summed E-state index contributed by atoms with van der Waals surface area (Å²) in [6, 6.07) is 14.1. The molecule has 108 valence electrons. The van der Waals surface area contributed by atoms with Gasteiger partial charge in [-0.15, -0.1) is 0 Å². The fourth-order valence-corrected chi connectivity index (χ4v) is 2.81. The van der Waals surface area contributed by atoms with E-state index in [0.717, 1.165) is 29.8 Å². The molecule has 0 radical (unpaired) electrons. The summed E-state index contributed by atoms with van der Waals surface area (Å²) in [5.74, 6) is 0.174. The first-order chi connectivity index (χ1) is 10.1. The minimum atomic E-state index is 0.174. The van der Waals surface area contributed by atoms with Gasteiger partial charge in [-0.05, 0) is 36.1 Å². The Morgan fingerprint density at radius 2 is 1.95 bits per heavy atom. The number of nitrogen functional groups attached to an aromatic ring is 1. The van der Waals surface area contributed by atoms with Gasteiger partial charge in [-0.2, -0.15) is 0 Å². The van der Waals surface area contributed by atoms with E-state index in [1.165, 1.54) is 11.1 Å². The Kier molecular flexibility index (Phi) is 3.65. The number of aryl methyl sites for hydroxylation is 1. The summed E-state index contributed by atoms with van der Waals surface area (Å²) >= 11 is 0. The molecule has 1 aliphatic heterocycles. The highest BCUT2D eigenvalue weighted by atomic mass is 16.2. The molecule has 1 amide bonds. The van der Waals surface area contributed by atoms with Gasteiger partial charge in [-0.1, -0.05) is 42.0 Å². The highest BCUT2D eigenvalue weighted by Gasteiger charge is 2.21. The van der Waals surface area contributed by atoms with Crippen molar-refractivity contribution < 1.29 is 4.79 Å². The van der Waals surface area contributed by atoms with Gasteiger partial charge in [0.1, 0.15) is 0 Å². The van der Waals surface area contributed by atoms with E-state index in [9.17, 15) is 4.79 Å². The standard InChI is InChI=1S/C18H20N2O/c1-13-5-7-14(8-6-13)11-18(21)20-10-9-15-3-2-4-17(19)16(15)12-20/h2-8H,9-12,19H2,1H3. The minimum Gasteiger partial charge on any atom is -0.398 e. The summed E-state index contributed by atoms with van der Waals surface area (Å²) in [7, 11) is 0. The van der Waals surface area contributed by atoms with Crippen LogP contribution in [0.2, 0.25) is 0 Å². The monoisotopic (exact) mass is 280 g/mol. The third-order valence-electron chi connectivity index (χ3n) is 4.14. The van der Waals surface area contributed by atoms with Crippen LogP contribution in [-0.2, 0) is 24.2 Å². The molecule has 0 aromatic heterocycles. The van der Waals surface area contributed by atoms with E-state index in [1.807, 2.05) is 41.3 Å². The number of hydrogen-bond acceptors (Lipinski definition) is 2. The van der Waals surface area contributed by atoms with Crippen LogP contribution >= 0.6 is 0 Å². The molecule has 0 saturated heterocycles. The Bertz CT molecular complexity index is 661. The molecule has 1 heterocycles. The maximum Gasteiger partial charge on any atom is 0.227 e. The molecule has 1 aliphatic rings. The van der Waals surface area contributed by atoms with Crippen molar-refractivity contribution in [2.45, 2.75) is 26.3 Å². The highest BCUT2D eigenvalue weighted by Crippen LogP contribution is 2.24. The van der Waals surface area contributed by atoms with E-state index in [-0.39, 0.29) is 5.91 Å². The van der Waals surface area contributed by atoms with Gasteiger partial charge in [0.05, 0.1) is 6.42 Å². The molecule has 0 unspecified atom stereocenters. The van der Waals surface area contributed by atoms with Crippen LogP contribution in [0.15, 0.2) is 42.5 Å². The smallest absolute Gasteiger partial charge is 0.227 e. The van der Waals surface area contributed by atoms with Crippen LogP contribution in [0.25, 0.3) is 0 Å². The molecule has 21 heavy (non-hydrogen) atoms. The predicted molar refractivity (Wildman–Crippen MR) is 84.9 cm³/mol. The number of carbonyl (C=O) groups excluding carboxylic acids is 1. The van der Waals surface area contributed by atoms with Crippen molar-refractivity contribution in [1.82, 2.24) is 4.90 Å². The van der Waals surface area contributed by atoms with Crippen molar-refractivity contribution in [1.29, 1.82) is 0 Å². The van der Waals surface area contributed by atoms with Gasteiger partial charge in [0.2, 0.25) is 5.91 Å². The Labute approximate surface area is 125 Å². The maximum absolute atomic E-state index is 12.5. The van der Waals surface area contributed by atoms with Gasteiger partial charge < -0.3 is 10.6 Å². The molecule has 0 aliphatic carbocycles. The molecule has 0 fully saturated rings. The number of carbonyl (C=O) groups is 1. The van der Waals surface area contributed by atoms with Gasteiger partial charge in [0, 0.05) is 18.8 Å². The first-order valence-corrected chi connectivity index (χ1v) is 7.33. The minimum absolute atomic E-state index is 0.174. The van der Waals surface area contributed by atoms with Crippen molar-refractivity contribution in [3.05, 3.63) is 64.7 Å². The Morgan fingerprint density at radius 3 is 2.71 bits per heavy atom. The van der Waals surface area contributed by atoms with Crippen LogP contribution in [0.3, 0.4) is 0 Å². The average Bonchev–Trinajstić information content (AvgIpc) is 2.50. The molecule has 0 spiro atoms. The molecule has 0 bridgehead atoms. The number of rotatable bonds is 2. The van der Waals surface area contributed by atoms with Gasteiger partial charge in [0.25, 0.3) is 0 Å². The molecule has 0 saturated carbocycles. The summed E-state index contributed by atoms with van der Waals surface area (Å²) < 4.78 is 0. The molecule has 3 nitrogen and oxygen atoms in total. The zero-order valence-electron chi connectivity index (χ0n) is 12.3. The molecule has 3 rings (SSSR count). The van der Waals surface area contributed by atoms with E-state index in [1.54, 1.807) is 0 Å². The number of fused-ring (bicyclic) bond motifs is 1. The first kappa shape index (κ1) is 13.7. The number of nitrogens with zero attached hydrogens (tertiary/aromatic N) is 1. The van der Waals surface area contributed by atoms with Crippen LogP contribution in [0, 0.1) is 6.92 Å². The van der Waals surface area contributed by atoms with Crippen molar-refractivity contribution in [3.63, 3.8) is 0 Å². The highest BCUT2D eigenvalue weighted by molar-refractivity contribution is 5.79. The lowest BCUT2D eigenvalue weighted by Gasteiger charge is -2.30. The Balaban J connectivity index is 1.72. The second-order valence-electron chi connectivity index (χ2n) is 5.71. The lowest BCUT2D eigenvalue weighted by Crippen LogP contribution is -2.37.